The molecule has 2 heterocycles. The minimum atomic E-state index is -0.706. The summed E-state index contributed by atoms with van der Waals surface area (Å²) in [4.78, 5) is 4.18. The van der Waals surface area contributed by atoms with Crippen LogP contribution in [0.25, 0.3) is 0 Å². The van der Waals surface area contributed by atoms with Gasteiger partial charge in [0.15, 0.2) is 0 Å². The van der Waals surface area contributed by atoms with E-state index in [4.69, 9.17) is 0 Å². The fraction of sp³-hybridized carbons (Fsp3) is 0.429. The number of nitrogens with one attached hydrogen (secondary N) is 1. The Morgan fingerprint density at radius 2 is 2.40 bits per heavy atom. The van der Waals surface area contributed by atoms with Crippen molar-refractivity contribution in [2.75, 3.05) is 6.54 Å². The van der Waals surface area contributed by atoms with Gasteiger partial charge in [-0.1, -0.05) is 12.1 Å². The van der Waals surface area contributed by atoms with E-state index in [2.05, 4.69) is 15.4 Å². The van der Waals surface area contributed by atoms with Gasteiger partial charge in [0.2, 0.25) is 0 Å². The quantitative estimate of drug-likeness (QED) is 0.876. The summed E-state index contributed by atoms with van der Waals surface area (Å²) in [6.45, 7) is 1.16. The van der Waals surface area contributed by atoms with Crippen molar-refractivity contribution in [1.82, 2.24) is 20.1 Å². The molecule has 1 aliphatic rings. The Morgan fingerprint density at radius 1 is 1.50 bits per heavy atom. The molecule has 2 atom stereocenters. The lowest BCUT2D eigenvalue weighted by Gasteiger charge is -2.25. The zero-order chi connectivity index (χ0) is 13.9. The van der Waals surface area contributed by atoms with E-state index in [1.807, 2.05) is 4.68 Å². The molecule has 2 unspecified atom stereocenters. The van der Waals surface area contributed by atoms with E-state index in [9.17, 15) is 9.50 Å². The molecule has 6 heteroatoms. The normalized spacial score (nSPS) is 19.6. The monoisotopic (exact) mass is 276 g/mol. The molecule has 1 aromatic carbocycles. The van der Waals surface area contributed by atoms with Crippen molar-refractivity contribution in [2.24, 2.45) is 0 Å². The van der Waals surface area contributed by atoms with Gasteiger partial charge in [-0.05, 0) is 24.1 Å². The van der Waals surface area contributed by atoms with Gasteiger partial charge in [0.1, 0.15) is 18.0 Å². The number of hydrogen-bond donors (Lipinski definition) is 2. The molecule has 2 N–H and O–H groups in total. The second kappa shape index (κ2) is 5.68. The predicted octanol–water partition coefficient (Wildman–Crippen LogP) is 1.06. The fourth-order valence-electron chi connectivity index (χ4n) is 2.51. The van der Waals surface area contributed by atoms with E-state index in [0.29, 0.717) is 12.1 Å². The third-order valence-corrected chi connectivity index (χ3v) is 3.64. The standard InChI is InChI=1S/C14H17FN4O/c15-11-3-1-2-10(6-11)13(20)7-16-12-4-5-14-17-9-18-19(14)8-12/h1-3,6,9,12-13,16,20H,4-5,7-8H2. The molecule has 106 valence electrons. The molecular formula is C14H17FN4O. The molecule has 0 aliphatic carbocycles. The van der Waals surface area contributed by atoms with E-state index in [1.54, 1.807) is 18.5 Å². The third-order valence-electron chi connectivity index (χ3n) is 3.64. The zero-order valence-corrected chi connectivity index (χ0v) is 11.0. The topological polar surface area (TPSA) is 63.0 Å². The van der Waals surface area contributed by atoms with Crippen LogP contribution in [0, 0.1) is 5.82 Å². The molecule has 5 nitrogen and oxygen atoms in total. The van der Waals surface area contributed by atoms with Crippen molar-refractivity contribution in [1.29, 1.82) is 0 Å². The van der Waals surface area contributed by atoms with Crippen LogP contribution in [0.2, 0.25) is 0 Å². The van der Waals surface area contributed by atoms with E-state index in [0.717, 1.165) is 25.2 Å². The van der Waals surface area contributed by atoms with Gasteiger partial charge < -0.3 is 10.4 Å². The second-order valence-electron chi connectivity index (χ2n) is 5.07. The summed E-state index contributed by atoms with van der Waals surface area (Å²) < 4.78 is 15.0. The molecule has 0 spiro atoms. The summed E-state index contributed by atoms with van der Waals surface area (Å²) in [7, 11) is 0. The third kappa shape index (κ3) is 2.86. The van der Waals surface area contributed by atoms with Crippen LogP contribution in [0.4, 0.5) is 4.39 Å². The summed E-state index contributed by atoms with van der Waals surface area (Å²) in [5.41, 5.74) is 0.592. The Morgan fingerprint density at radius 3 is 3.25 bits per heavy atom. The maximum atomic E-state index is 13.1. The minimum absolute atomic E-state index is 0.257. The Bertz CT molecular complexity index is 586. The van der Waals surface area contributed by atoms with Crippen LogP contribution in [0.1, 0.15) is 23.9 Å². The lowest BCUT2D eigenvalue weighted by molar-refractivity contribution is 0.164. The number of benzene rings is 1. The number of hydrogen-bond acceptors (Lipinski definition) is 4. The lowest BCUT2D eigenvalue weighted by atomic mass is 10.1. The summed E-state index contributed by atoms with van der Waals surface area (Å²) >= 11 is 0. The number of fused-ring (bicyclic) bond motifs is 1. The maximum absolute atomic E-state index is 13.1. The zero-order valence-electron chi connectivity index (χ0n) is 11.0. The Hall–Kier alpha value is -1.79. The lowest BCUT2D eigenvalue weighted by Crippen LogP contribution is -2.39. The molecule has 0 saturated carbocycles. The van der Waals surface area contributed by atoms with E-state index < -0.39 is 6.10 Å². The number of aryl methyl sites for hydroxylation is 1. The Balaban J connectivity index is 1.55. The highest BCUT2D eigenvalue weighted by molar-refractivity contribution is 5.19. The number of halogens is 1. The number of rotatable bonds is 4. The predicted molar refractivity (Wildman–Crippen MR) is 71.5 cm³/mol. The number of aliphatic hydroxyl groups excluding tert-OH is 1. The second-order valence-corrected chi connectivity index (χ2v) is 5.07. The van der Waals surface area contributed by atoms with Crippen LogP contribution in [-0.4, -0.2) is 32.5 Å². The van der Waals surface area contributed by atoms with Crippen LogP contribution in [0.3, 0.4) is 0 Å². The van der Waals surface area contributed by atoms with Crippen LogP contribution in [0.15, 0.2) is 30.6 Å². The van der Waals surface area contributed by atoms with Crippen molar-refractivity contribution in [3.63, 3.8) is 0 Å². The molecule has 3 rings (SSSR count). The van der Waals surface area contributed by atoms with Crippen LogP contribution < -0.4 is 5.32 Å². The largest absolute Gasteiger partial charge is 0.387 e. The van der Waals surface area contributed by atoms with E-state index in [1.165, 1.54) is 12.1 Å². The summed E-state index contributed by atoms with van der Waals surface area (Å²) in [6, 6.07) is 6.33. The first-order valence-electron chi connectivity index (χ1n) is 6.76. The fourth-order valence-corrected chi connectivity index (χ4v) is 2.51. The first kappa shape index (κ1) is 13.2. The Kier molecular flexibility index (Phi) is 3.75. The summed E-state index contributed by atoms with van der Waals surface area (Å²) in [5, 5.41) is 17.5. The molecular weight excluding hydrogens is 259 g/mol. The number of aliphatic hydroxyl groups is 1. The molecule has 0 radical (unpaired) electrons. The van der Waals surface area contributed by atoms with Gasteiger partial charge in [0.25, 0.3) is 0 Å². The molecule has 0 bridgehead atoms. The molecule has 1 aliphatic heterocycles. The van der Waals surface area contributed by atoms with Crippen molar-refractivity contribution in [3.8, 4) is 0 Å². The molecule has 0 saturated heterocycles. The molecule has 0 fully saturated rings. The van der Waals surface area contributed by atoms with E-state index in [-0.39, 0.29) is 11.9 Å². The molecule has 0 amide bonds. The van der Waals surface area contributed by atoms with Crippen molar-refractivity contribution in [2.45, 2.75) is 31.5 Å². The van der Waals surface area contributed by atoms with Gasteiger partial charge in [-0.15, -0.1) is 0 Å². The van der Waals surface area contributed by atoms with Crippen molar-refractivity contribution < 1.29 is 9.50 Å². The van der Waals surface area contributed by atoms with Gasteiger partial charge in [-0.3, -0.25) is 0 Å². The smallest absolute Gasteiger partial charge is 0.138 e. The average Bonchev–Trinajstić information content (AvgIpc) is 2.92. The highest BCUT2D eigenvalue weighted by Crippen LogP contribution is 2.15. The van der Waals surface area contributed by atoms with Crippen molar-refractivity contribution >= 4 is 0 Å². The molecule has 1 aromatic heterocycles. The van der Waals surface area contributed by atoms with Gasteiger partial charge in [0, 0.05) is 19.0 Å². The number of nitrogens with zero attached hydrogens (tertiary/aromatic N) is 3. The van der Waals surface area contributed by atoms with Crippen LogP contribution >= 0.6 is 0 Å². The highest BCUT2D eigenvalue weighted by Gasteiger charge is 2.20. The minimum Gasteiger partial charge on any atom is -0.387 e. The summed E-state index contributed by atoms with van der Waals surface area (Å²) in [6.07, 6.45) is 2.71. The average molecular weight is 276 g/mol. The highest BCUT2D eigenvalue weighted by atomic mass is 19.1. The SMILES string of the molecule is OC(CNC1CCc2ncnn2C1)c1cccc(F)c1. The van der Waals surface area contributed by atoms with Gasteiger partial charge in [-0.2, -0.15) is 5.10 Å². The van der Waals surface area contributed by atoms with Crippen LogP contribution in [-0.2, 0) is 13.0 Å². The Labute approximate surface area is 116 Å². The first-order valence-corrected chi connectivity index (χ1v) is 6.76. The molecule has 2 aromatic rings. The molecule has 20 heavy (non-hydrogen) atoms. The van der Waals surface area contributed by atoms with Gasteiger partial charge in [-0.25, -0.2) is 14.1 Å². The van der Waals surface area contributed by atoms with Gasteiger partial charge >= 0.3 is 0 Å². The maximum Gasteiger partial charge on any atom is 0.138 e. The number of aromatic nitrogens is 3. The van der Waals surface area contributed by atoms with E-state index >= 15 is 0 Å². The van der Waals surface area contributed by atoms with Crippen molar-refractivity contribution in [3.05, 3.63) is 47.8 Å². The van der Waals surface area contributed by atoms with Gasteiger partial charge in [0.05, 0.1) is 12.6 Å². The summed E-state index contributed by atoms with van der Waals surface area (Å²) in [5.74, 6) is 0.681. The van der Waals surface area contributed by atoms with Crippen LogP contribution in [0.5, 0.6) is 0 Å². The first-order chi connectivity index (χ1) is 9.72.